The van der Waals surface area contributed by atoms with Crippen molar-refractivity contribution in [1.82, 2.24) is 25.5 Å². The van der Waals surface area contributed by atoms with Crippen molar-refractivity contribution >= 4 is 23.6 Å². The third kappa shape index (κ3) is 5.60. The van der Waals surface area contributed by atoms with Gasteiger partial charge in [-0.25, -0.2) is 4.68 Å². The summed E-state index contributed by atoms with van der Waals surface area (Å²) in [5.41, 5.74) is 2.30. The molecule has 0 aliphatic heterocycles. The van der Waals surface area contributed by atoms with Gasteiger partial charge < -0.3 is 10.6 Å². The quantitative estimate of drug-likeness (QED) is 0.624. The molecule has 0 spiro atoms. The Labute approximate surface area is 155 Å². The molecular weight excluding hydrogens is 344 g/mol. The molecule has 0 bridgehead atoms. The predicted octanol–water partition coefficient (Wildman–Crippen LogP) is 1.82. The molecule has 0 unspecified atom stereocenters. The van der Waals surface area contributed by atoms with Crippen LogP contribution in [0.15, 0.2) is 67.0 Å². The SMILES string of the molecule is O=C(/C=C/c1ccccc1)NCCC(=O)Nc1cccc(-n2cnnn2)c1. The lowest BCUT2D eigenvalue weighted by molar-refractivity contribution is -0.117. The van der Waals surface area contributed by atoms with Crippen LogP contribution in [0.2, 0.25) is 0 Å². The van der Waals surface area contributed by atoms with Gasteiger partial charge in [-0.15, -0.1) is 5.10 Å². The maximum Gasteiger partial charge on any atom is 0.244 e. The smallest absolute Gasteiger partial charge is 0.244 e. The third-order valence-corrected chi connectivity index (χ3v) is 3.62. The number of tetrazole rings is 1. The summed E-state index contributed by atoms with van der Waals surface area (Å²) in [6, 6.07) is 16.7. The number of hydrogen-bond acceptors (Lipinski definition) is 5. The summed E-state index contributed by atoms with van der Waals surface area (Å²) in [5, 5.41) is 16.4. The van der Waals surface area contributed by atoms with Crippen molar-refractivity contribution in [3.05, 3.63) is 72.6 Å². The molecule has 0 aliphatic carbocycles. The maximum atomic E-state index is 12.0. The van der Waals surface area contributed by atoms with Crippen LogP contribution in [0.1, 0.15) is 12.0 Å². The molecule has 0 radical (unpaired) electrons. The van der Waals surface area contributed by atoms with Gasteiger partial charge in [0.25, 0.3) is 0 Å². The van der Waals surface area contributed by atoms with Gasteiger partial charge in [0, 0.05) is 24.7 Å². The number of aromatic nitrogens is 4. The first-order valence-corrected chi connectivity index (χ1v) is 8.35. The van der Waals surface area contributed by atoms with Gasteiger partial charge in [0.15, 0.2) is 0 Å². The zero-order valence-electron chi connectivity index (χ0n) is 14.4. The predicted molar refractivity (Wildman–Crippen MR) is 101 cm³/mol. The van der Waals surface area contributed by atoms with Gasteiger partial charge >= 0.3 is 0 Å². The number of amides is 2. The highest BCUT2D eigenvalue weighted by Crippen LogP contribution is 2.13. The highest BCUT2D eigenvalue weighted by atomic mass is 16.2. The van der Waals surface area contributed by atoms with E-state index >= 15 is 0 Å². The molecule has 0 saturated heterocycles. The van der Waals surface area contributed by atoms with Gasteiger partial charge in [0.1, 0.15) is 6.33 Å². The first-order valence-electron chi connectivity index (χ1n) is 8.35. The molecule has 2 aromatic carbocycles. The first kappa shape index (κ1) is 18.0. The minimum atomic E-state index is -0.243. The van der Waals surface area contributed by atoms with Crippen LogP contribution in [0.4, 0.5) is 5.69 Å². The Bertz CT molecular complexity index is 922. The van der Waals surface area contributed by atoms with Crippen LogP contribution in [0.5, 0.6) is 0 Å². The van der Waals surface area contributed by atoms with Crippen LogP contribution < -0.4 is 10.6 Å². The van der Waals surface area contributed by atoms with Crippen LogP contribution in [-0.4, -0.2) is 38.6 Å². The van der Waals surface area contributed by atoms with E-state index in [1.807, 2.05) is 36.4 Å². The molecule has 8 nitrogen and oxygen atoms in total. The van der Waals surface area contributed by atoms with Crippen molar-refractivity contribution in [2.24, 2.45) is 0 Å². The fourth-order valence-corrected chi connectivity index (χ4v) is 2.32. The molecule has 0 aliphatic rings. The summed E-state index contributed by atoms with van der Waals surface area (Å²) in [6.45, 7) is 0.247. The summed E-state index contributed by atoms with van der Waals surface area (Å²) in [5.74, 6) is -0.441. The Kier molecular flexibility index (Phi) is 6.03. The van der Waals surface area contributed by atoms with Gasteiger partial charge in [-0.3, -0.25) is 9.59 Å². The minimum Gasteiger partial charge on any atom is -0.352 e. The molecule has 136 valence electrons. The van der Waals surface area contributed by atoms with E-state index in [9.17, 15) is 9.59 Å². The van der Waals surface area contributed by atoms with E-state index < -0.39 is 0 Å². The van der Waals surface area contributed by atoms with Crippen LogP contribution in [-0.2, 0) is 9.59 Å². The molecule has 0 saturated carbocycles. The molecule has 0 atom stereocenters. The van der Waals surface area contributed by atoms with Gasteiger partial charge in [-0.2, -0.15) is 0 Å². The van der Waals surface area contributed by atoms with E-state index in [0.29, 0.717) is 5.69 Å². The molecule has 0 fully saturated rings. The van der Waals surface area contributed by atoms with Crippen molar-refractivity contribution in [2.75, 3.05) is 11.9 Å². The summed E-state index contributed by atoms with van der Waals surface area (Å²) in [6.07, 6.45) is 4.81. The zero-order chi connectivity index (χ0) is 18.9. The Balaban J connectivity index is 1.44. The van der Waals surface area contributed by atoms with E-state index in [2.05, 4.69) is 26.2 Å². The van der Waals surface area contributed by atoms with E-state index in [4.69, 9.17) is 0 Å². The van der Waals surface area contributed by atoms with Crippen molar-refractivity contribution in [1.29, 1.82) is 0 Å². The molecule has 2 N–H and O–H groups in total. The minimum absolute atomic E-state index is 0.167. The van der Waals surface area contributed by atoms with Gasteiger partial charge in [-0.1, -0.05) is 36.4 Å². The number of nitrogens with one attached hydrogen (secondary N) is 2. The number of rotatable bonds is 7. The molecule has 3 rings (SSSR count). The standard InChI is InChI=1S/C19H18N6O2/c26-18(10-9-15-5-2-1-3-6-15)20-12-11-19(27)22-16-7-4-8-17(13-16)25-14-21-23-24-25/h1-10,13-14H,11-12H2,(H,20,26)(H,22,27)/b10-9+. The maximum absolute atomic E-state index is 12.0. The Hall–Kier alpha value is -3.81. The van der Waals surface area contributed by atoms with E-state index in [-0.39, 0.29) is 24.8 Å². The summed E-state index contributed by atoms with van der Waals surface area (Å²) < 4.78 is 1.49. The highest BCUT2D eigenvalue weighted by molar-refractivity contribution is 5.93. The summed E-state index contributed by atoms with van der Waals surface area (Å²) in [7, 11) is 0. The number of anilines is 1. The molecule has 8 heteroatoms. The fourth-order valence-electron chi connectivity index (χ4n) is 2.32. The summed E-state index contributed by atoms with van der Waals surface area (Å²) >= 11 is 0. The second-order valence-corrected chi connectivity index (χ2v) is 5.64. The van der Waals surface area contributed by atoms with Crippen molar-refractivity contribution < 1.29 is 9.59 Å². The Morgan fingerprint density at radius 3 is 2.70 bits per heavy atom. The number of hydrogen-bond donors (Lipinski definition) is 2. The van der Waals surface area contributed by atoms with Crippen molar-refractivity contribution in [3.8, 4) is 5.69 Å². The highest BCUT2D eigenvalue weighted by Gasteiger charge is 2.05. The van der Waals surface area contributed by atoms with E-state index in [1.54, 1.807) is 24.3 Å². The van der Waals surface area contributed by atoms with Gasteiger partial charge in [-0.05, 0) is 40.3 Å². The molecule has 2 amide bonds. The zero-order valence-corrected chi connectivity index (χ0v) is 14.4. The van der Waals surface area contributed by atoms with Crippen LogP contribution in [0.25, 0.3) is 11.8 Å². The van der Waals surface area contributed by atoms with E-state index in [1.165, 1.54) is 17.1 Å². The normalized spacial score (nSPS) is 10.7. The monoisotopic (exact) mass is 362 g/mol. The number of nitrogens with zero attached hydrogens (tertiary/aromatic N) is 4. The van der Waals surface area contributed by atoms with Crippen LogP contribution in [0, 0.1) is 0 Å². The van der Waals surface area contributed by atoms with Crippen molar-refractivity contribution in [2.45, 2.75) is 6.42 Å². The number of carbonyl (C=O) groups excluding carboxylic acids is 2. The first-order chi connectivity index (χ1) is 13.2. The largest absolute Gasteiger partial charge is 0.352 e. The molecule has 1 aromatic heterocycles. The fraction of sp³-hybridized carbons (Fsp3) is 0.105. The van der Waals surface area contributed by atoms with Gasteiger partial charge in [0.05, 0.1) is 5.69 Å². The lowest BCUT2D eigenvalue weighted by atomic mass is 10.2. The molecule has 3 aromatic rings. The molecule has 1 heterocycles. The average molecular weight is 362 g/mol. The third-order valence-electron chi connectivity index (χ3n) is 3.62. The van der Waals surface area contributed by atoms with Crippen LogP contribution in [0.3, 0.4) is 0 Å². The topological polar surface area (TPSA) is 102 Å². The number of benzene rings is 2. The molecular formula is C19H18N6O2. The van der Waals surface area contributed by atoms with Gasteiger partial charge in [0.2, 0.25) is 11.8 Å². The van der Waals surface area contributed by atoms with E-state index in [0.717, 1.165) is 11.3 Å². The second kappa shape index (κ2) is 9.04. The average Bonchev–Trinajstić information content (AvgIpc) is 3.22. The second-order valence-electron chi connectivity index (χ2n) is 5.64. The number of carbonyl (C=O) groups is 2. The lowest BCUT2D eigenvalue weighted by Gasteiger charge is -2.07. The van der Waals surface area contributed by atoms with Crippen molar-refractivity contribution in [3.63, 3.8) is 0 Å². The lowest BCUT2D eigenvalue weighted by Crippen LogP contribution is -2.26. The Morgan fingerprint density at radius 2 is 1.93 bits per heavy atom. The van der Waals surface area contributed by atoms with Crippen LogP contribution >= 0.6 is 0 Å². The Morgan fingerprint density at radius 1 is 1.07 bits per heavy atom. The summed E-state index contributed by atoms with van der Waals surface area (Å²) in [4.78, 5) is 23.8. The molecule has 27 heavy (non-hydrogen) atoms.